The largest absolute Gasteiger partial charge is 0.393 e. The lowest BCUT2D eigenvalue weighted by Crippen LogP contribution is -2.48. The lowest BCUT2D eigenvalue weighted by atomic mass is 9.82. The van der Waals surface area contributed by atoms with Gasteiger partial charge >= 0.3 is 0 Å². The van der Waals surface area contributed by atoms with Gasteiger partial charge in [-0.3, -0.25) is 9.59 Å². The normalized spacial score (nSPS) is 25.6. The molecule has 2 fully saturated rings. The topological polar surface area (TPSA) is 60.9 Å². The van der Waals surface area contributed by atoms with Crippen LogP contribution in [0.1, 0.15) is 64.4 Å². The summed E-state index contributed by atoms with van der Waals surface area (Å²) in [6.45, 7) is 7.57. The van der Waals surface area contributed by atoms with Crippen molar-refractivity contribution in [3.05, 3.63) is 35.9 Å². The quantitative estimate of drug-likeness (QED) is 0.884. The molecule has 5 nitrogen and oxygen atoms in total. The number of aliphatic hydroxyl groups is 1. The molecule has 1 N–H and O–H groups in total. The predicted molar refractivity (Wildman–Crippen MR) is 105 cm³/mol. The van der Waals surface area contributed by atoms with E-state index >= 15 is 0 Å². The molecular formula is C22H32N2O3. The molecule has 2 heterocycles. The lowest BCUT2D eigenvalue weighted by Gasteiger charge is -2.38. The Labute approximate surface area is 162 Å². The van der Waals surface area contributed by atoms with Crippen LogP contribution in [0.15, 0.2) is 30.3 Å². The smallest absolute Gasteiger partial charge is 0.223 e. The number of likely N-dealkylation sites (tertiary alicyclic amines) is 2. The second-order valence-electron chi connectivity index (χ2n) is 8.58. The third-order valence-electron chi connectivity index (χ3n) is 6.33. The highest BCUT2D eigenvalue weighted by Gasteiger charge is 2.47. The molecule has 0 spiro atoms. The first-order valence-electron chi connectivity index (χ1n) is 10.1. The average Bonchev–Trinajstić information content (AvgIpc) is 2.89. The third-order valence-corrected chi connectivity index (χ3v) is 6.33. The van der Waals surface area contributed by atoms with Gasteiger partial charge in [0.25, 0.3) is 0 Å². The van der Waals surface area contributed by atoms with Crippen LogP contribution in [0.5, 0.6) is 0 Å². The van der Waals surface area contributed by atoms with Crippen LogP contribution in [0.3, 0.4) is 0 Å². The van der Waals surface area contributed by atoms with Crippen LogP contribution >= 0.6 is 0 Å². The highest BCUT2D eigenvalue weighted by Crippen LogP contribution is 2.45. The van der Waals surface area contributed by atoms with Gasteiger partial charge in [0.05, 0.1) is 6.10 Å². The molecule has 2 atom stereocenters. The third kappa shape index (κ3) is 4.18. The van der Waals surface area contributed by atoms with Crippen molar-refractivity contribution in [3.63, 3.8) is 0 Å². The minimum Gasteiger partial charge on any atom is -0.393 e. The average molecular weight is 373 g/mol. The molecule has 0 radical (unpaired) electrons. The van der Waals surface area contributed by atoms with E-state index < -0.39 is 0 Å². The fraction of sp³-hybridized carbons (Fsp3) is 0.636. The van der Waals surface area contributed by atoms with Crippen molar-refractivity contribution >= 4 is 11.8 Å². The molecule has 1 aromatic carbocycles. The SMILES string of the molecule is C[C@@H]1C[C@H](c2ccccc2)C(C)(C)N1C(=O)CCC(=O)N1CCC(O)CC1. The molecule has 0 aliphatic carbocycles. The minimum atomic E-state index is -0.295. The molecule has 1 aromatic rings. The molecule has 2 saturated heterocycles. The number of carbonyl (C=O) groups is 2. The van der Waals surface area contributed by atoms with Crippen LogP contribution in [0, 0.1) is 0 Å². The zero-order chi connectivity index (χ0) is 19.6. The molecule has 5 heteroatoms. The lowest BCUT2D eigenvalue weighted by molar-refractivity contribution is -0.141. The van der Waals surface area contributed by atoms with Crippen LogP contribution in [-0.4, -0.2) is 57.5 Å². The predicted octanol–water partition coefficient (Wildman–Crippen LogP) is 2.93. The molecule has 0 bridgehead atoms. The molecule has 148 valence electrons. The van der Waals surface area contributed by atoms with Crippen LogP contribution in [0.25, 0.3) is 0 Å². The number of benzene rings is 1. The second-order valence-corrected chi connectivity index (χ2v) is 8.58. The van der Waals surface area contributed by atoms with E-state index in [1.807, 2.05) is 11.0 Å². The van der Waals surface area contributed by atoms with Gasteiger partial charge < -0.3 is 14.9 Å². The zero-order valence-corrected chi connectivity index (χ0v) is 16.7. The van der Waals surface area contributed by atoms with Crippen LogP contribution in [-0.2, 0) is 9.59 Å². The van der Waals surface area contributed by atoms with Crippen LogP contribution in [0.2, 0.25) is 0 Å². The van der Waals surface area contributed by atoms with Crippen molar-refractivity contribution in [1.29, 1.82) is 0 Å². The summed E-state index contributed by atoms with van der Waals surface area (Å²) in [7, 11) is 0. The van der Waals surface area contributed by atoms with Crippen LogP contribution < -0.4 is 0 Å². The minimum absolute atomic E-state index is 0.0273. The Morgan fingerprint density at radius 1 is 1.07 bits per heavy atom. The van der Waals surface area contributed by atoms with Gasteiger partial charge in [-0.2, -0.15) is 0 Å². The van der Waals surface area contributed by atoms with Crippen LogP contribution in [0.4, 0.5) is 0 Å². The number of piperidine rings is 1. The van der Waals surface area contributed by atoms with E-state index in [0.29, 0.717) is 31.8 Å². The van der Waals surface area contributed by atoms with E-state index in [1.165, 1.54) is 5.56 Å². The van der Waals surface area contributed by atoms with Gasteiger partial charge in [0.2, 0.25) is 11.8 Å². The van der Waals surface area contributed by atoms with Gasteiger partial charge in [0.1, 0.15) is 0 Å². The Balaban J connectivity index is 1.61. The molecule has 0 unspecified atom stereocenters. The number of amides is 2. The highest BCUT2D eigenvalue weighted by molar-refractivity contribution is 5.84. The molecule has 0 aromatic heterocycles. The molecule has 2 amide bonds. The van der Waals surface area contributed by atoms with Gasteiger partial charge in [-0.25, -0.2) is 0 Å². The van der Waals surface area contributed by atoms with Crippen molar-refractivity contribution in [2.24, 2.45) is 0 Å². The summed E-state index contributed by atoms with van der Waals surface area (Å²) in [5.41, 5.74) is 1.00. The first-order chi connectivity index (χ1) is 12.8. The summed E-state index contributed by atoms with van der Waals surface area (Å²) < 4.78 is 0. The number of hydrogen-bond acceptors (Lipinski definition) is 3. The Kier molecular flexibility index (Phi) is 5.89. The second kappa shape index (κ2) is 8.01. The maximum atomic E-state index is 13.0. The summed E-state index contributed by atoms with van der Waals surface area (Å²) in [6.07, 6.45) is 2.43. The molecule has 2 aliphatic heterocycles. The summed E-state index contributed by atoms with van der Waals surface area (Å²) in [5, 5.41) is 9.58. The van der Waals surface area contributed by atoms with Gasteiger partial charge in [0, 0.05) is 43.4 Å². The molecular weight excluding hydrogens is 340 g/mol. The monoisotopic (exact) mass is 372 g/mol. The summed E-state index contributed by atoms with van der Waals surface area (Å²) in [6, 6.07) is 10.6. The van der Waals surface area contributed by atoms with E-state index in [9.17, 15) is 14.7 Å². The standard InChI is InChI=1S/C22H32N2O3/c1-16-15-19(17-7-5-4-6-8-17)22(2,3)24(16)21(27)10-9-20(26)23-13-11-18(25)12-14-23/h4-8,16,18-19,25H,9-15H2,1-3H3/t16-,19-/m1/s1. The van der Waals surface area contributed by atoms with Crippen molar-refractivity contribution in [2.75, 3.05) is 13.1 Å². The Morgan fingerprint density at radius 2 is 1.67 bits per heavy atom. The first kappa shape index (κ1) is 19.9. The molecule has 2 aliphatic rings. The fourth-order valence-electron chi connectivity index (χ4n) is 4.88. The van der Waals surface area contributed by atoms with E-state index in [4.69, 9.17) is 0 Å². The van der Waals surface area contributed by atoms with Gasteiger partial charge in [0.15, 0.2) is 0 Å². The fourth-order valence-corrected chi connectivity index (χ4v) is 4.88. The van der Waals surface area contributed by atoms with Crippen molar-refractivity contribution in [3.8, 4) is 0 Å². The van der Waals surface area contributed by atoms with E-state index in [-0.39, 0.29) is 42.3 Å². The molecule has 27 heavy (non-hydrogen) atoms. The van der Waals surface area contributed by atoms with E-state index in [1.54, 1.807) is 4.90 Å². The Morgan fingerprint density at radius 3 is 2.30 bits per heavy atom. The van der Waals surface area contributed by atoms with E-state index in [0.717, 1.165) is 6.42 Å². The van der Waals surface area contributed by atoms with Crippen molar-refractivity contribution in [1.82, 2.24) is 9.80 Å². The molecule has 3 rings (SSSR count). The Bertz CT molecular complexity index is 665. The summed E-state index contributed by atoms with van der Waals surface area (Å²) >= 11 is 0. The van der Waals surface area contributed by atoms with Gasteiger partial charge in [-0.15, -0.1) is 0 Å². The maximum Gasteiger partial charge on any atom is 0.223 e. The zero-order valence-electron chi connectivity index (χ0n) is 16.7. The van der Waals surface area contributed by atoms with Gasteiger partial charge in [-0.05, 0) is 45.6 Å². The van der Waals surface area contributed by atoms with Gasteiger partial charge in [-0.1, -0.05) is 30.3 Å². The Hall–Kier alpha value is -1.88. The summed E-state index contributed by atoms with van der Waals surface area (Å²) in [5.74, 6) is 0.396. The number of nitrogens with zero attached hydrogens (tertiary/aromatic N) is 2. The first-order valence-corrected chi connectivity index (χ1v) is 10.1. The summed E-state index contributed by atoms with van der Waals surface area (Å²) in [4.78, 5) is 29.2. The highest BCUT2D eigenvalue weighted by atomic mass is 16.3. The number of rotatable bonds is 4. The maximum absolute atomic E-state index is 13.0. The van der Waals surface area contributed by atoms with E-state index in [2.05, 4.69) is 45.0 Å². The van der Waals surface area contributed by atoms with Crippen molar-refractivity contribution in [2.45, 2.75) is 76.5 Å². The van der Waals surface area contributed by atoms with Crippen molar-refractivity contribution < 1.29 is 14.7 Å². The number of hydrogen-bond donors (Lipinski definition) is 1. The number of aliphatic hydroxyl groups excluding tert-OH is 1. The number of carbonyl (C=O) groups excluding carboxylic acids is 2. The molecule has 0 saturated carbocycles.